The van der Waals surface area contributed by atoms with Crippen molar-refractivity contribution in [1.82, 2.24) is 10.3 Å². The molecule has 1 aromatic rings. The van der Waals surface area contributed by atoms with Gasteiger partial charge in [0.15, 0.2) is 5.17 Å². The van der Waals surface area contributed by atoms with Crippen LogP contribution in [-0.2, 0) is 6.42 Å². The summed E-state index contributed by atoms with van der Waals surface area (Å²) in [5, 5.41) is 4.67. The topological polar surface area (TPSA) is 37.3 Å². The van der Waals surface area contributed by atoms with Gasteiger partial charge in [-0.3, -0.25) is 9.98 Å². The van der Waals surface area contributed by atoms with Gasteiger partial charge >= 0.3 is 0 Å². The van der Waals surface area contributed by atoms with Gasteiger partial charge in [0.05, 0.1) is 0 Å². The Labute approximate surface area is 113 Å². The Balaban J connectivity index is 1.86. The fourth-order valence-corrected chi connectivity index (χ4v) is 3.16. The Morgan fingerprint density at radius 3 is 3.17 bits per heavy atom. The first-order valence-corrected chi connectivity index (χ1v) is 7.55. The van der Waals surface area contributed by atoms with Crippen molar-refractivity contribution in [2.24, 2.45) is 4.99 Å². The van der Waals surface area contributed by atoms with Crippen molar-refractivity contribution < 1.29 is 0 Å². The minimum Gasteiger partial charge on any atom is -0.360 e. The quantitative estimate of drug-likeness (QED) is 0.907. The summed E-state index contributed by atoms with van der Waals surface area (Å²) in [6.45, 7) is 5.35. The molecule has 0 spiro atoms. The molecule has 1 atom stereocenters. The van der Waals surface area contributed by atoms with E-state index in [0.717, 1.165) is 24.6 Å². The van der Waals surface area contributed by atoms with Crippen LogP contribution in [0.3, 0.4) is 0 Å². The zero-order valence-electron chi connectivity index (χ0n) is 11.1. The van der Waals surface area contributed by atoms with Crippen molar-refractivity contribution in [2.45, 2.75) is 38.6 Å². The summed E-state index contributed by atoms with van der Waals surface area (Å²) in [7, 11) is 0. The summed E-state index contributed by atoms with van der Waals surface area (Å²) >= 11 is 1.84. The summed E-state index contributed by atoms with van der Waals surface area (Å²) in [5.41, 5.74) is 1.49. The summed E-state index contributed by atoms with van der Waals surface area (Å²) in [5.74, 6) is 1.17. The lowest BCUT2D eigenvalue weighted by molar-refractivity contribution is 0.390. The van der Waals surface area contributed by atoms with E-state index >= 15 is 0 Å². The third kappa shape index (κ3) is 3.73. The molecule has 3 nitrogen and oxygen atoms in total. The van der Waals surface area contributed by atoms with Crippen LogP contribution in [0.4, 0.5) is 0 Å². The van der Waals surface area contributed by atoms with E-state index in [9.17, 15) is 0 Å². The minimum atomic E-state index is 0.235. The van der Waals surface area contributed by atoms with Crippen molar-refractivity contribution in [1.29, 1.82) is 0 Å². The molecule has 0 bridgehead atoms. The second-order valence-corrected chi connectivity index (χ2v) is 6.02. The van der Waals surface area contributed by atoms with Gasteiger partial charge in [-0.25, -0.2) is 0 Å². The van der Waals surface area contributed by atoms with E-state index in [4.69, 9.17) is 0 Å². The maximum atomic E-state index is 4.66. The van der Waals surface area contributed by atoms with Crippen LogP contribution in [-0.4, -0.2) is 28.0 Å². The molecule has 1 aliphatic heterocycles. The standard InChI is InChI=1S/C14H21N3S/c1-3-14(2)7-10-18-13(17-14)16-9-6-12-5-4-8-15-11-12/h4-5,8,11H,3,6-7,9-10H2,1-2H3,(H,16,17). The monoisotopic (exact) mass is 263 g/mol. The molecule has 0 amide bonds. The molecule has 98 valence electrons. The van der Waals surface area contributed by atoms with Gasteiger partial charge in [0.2, 0.25) is 0 Å². The Kier molecular flexibility index (Phi) is 4.64. The van der Waals surface area contributed by atoms with Crippen LogP contribution in [0.5, 0.6) is 0 Å². The summed E-state index contributed by atoms with van der Waals surface area (Å²) < 4.78 is 0. The predicted molar refractivity (Wildman–Crippen MR) is 79.1 cm³/mol. The van der Waals surface area contributed by atoms with E-state index in [1.165, 1.54) is 17.7 Å². The number of pyridine rings is 1. The Bertz CT molecular complexity index is 405. The summed E-state index contributed by atoms with van der Waals surface area (Å²) in [4.78, 5) is 8.78. The van der Waals surface area contributed by atoms with Crippen molar-refractivity contribution in [3.05, 3.63) is 30.1 Å². The normalized spacial score (nSPS) is 26.0. The first-order valence-electron chi connectivity index (χ1n) is 6.56. The van der Waals surface area contributed by atoms with Crippen molar-refractivity contribution in [3.8, 4) is 0 Å². The third-order valence-corrected chi connectivity index (χ3v) is 4.37. The van der Waals surface area contributed by atoms with Gasteiger partial charge in [-0.2, -0.15) is 0 Å². The number of aromatic nitrogens is 1. The second kappa shape index (κ2) is 6.23. The van der Waals surface area contributed by atoms with E-state index in [-0.39, 0.29) is 5.54 Å². The highest BCUT2D eigenvalue weighted by atomic mass is 32.2. The highest BCUT2D eigenvalue weighted by Gasteiger charge is 2.27. The van der Waals surface area contributed by atoms with E-state index in [1.54, 1.807) is 6.20 Å². The number of amidine groups is 1. The molecule has 0 aliphatic carbocycles. The number of rotatable bonds is 4. The number of hydrogen-bond acceptors (Lipinski definition) is 3. The number of nitrogens with zero attached hydrogens (tertiary/aromatic N) is 2. The maximum absolute atomic E-state index is 4.66. The van der Waals surface area contributed by atoms with Gasteiger partial charge < -0.3 is 5.32 Å². The third-order valence-electron chi connectivity index (χ3n) is 3.46. The van der Waals surface area contributed by atoms with Crippen molar-refractivity contribution in [3.63, 3.8) is 0 Å². The first kappa shape index (κ1) is 13.4. The van der Waals surface area contributed by atoms with Crippen LogP contribution >= 0.6 is 11.8 Å². The van der Waals surface area contributed by atoms with Crippen LogP contribution in [0.1, 0.15) is 32.3 Å². The largest absolute Gasteiger partial charge is 0.360 e. The Morgan fingerprint density at radius 1 is 1.56 bits per heavy atom. The Morgan fingerprint density at radius 2 is 2.44 bits per heavy atom. The molecule has 1 fully saturated rings. The fraction of sp³-hybridized carbons (Fsp3) is 0.571. The lowest BCUT2D eigenvalue weighted by atomic mass is 9.96. The molecule has 2 rings (SSSR count). The van der Waals surface area contributed by atoms with Crippen LogP contribution in [0.25, 0.3) is 0 Å². The van der Waals surface area contributed by atoms with E-state index < -0.39 is 0 Å². The van der Waals surface area contributed by atoms with Gasteiger partial charge in [0.1, 0.15) is 0 Å². The molecule has 0 aromatic carbocycles. The molecule has 0 saturated carbocycles. The summed E-state index contributed by atoms with van der Waals surface area (Å²) in [6, 6.07) is 4.08. The average Bonchev–Trinajstić information content (AvgIpc) is 2.40. The summed E-state index contributed by atoms with van der Waals surface area (Å²) in [6.07, 6.45) is 7.05. The van der Waals surface area contributed by atoms with Crippen molar-refractivity contribution >= 4 is 16.9 Å². The second-order valence-electron chi connectivity index (χ2n) is 4.94. The van der Waals surface area contributed by atoms with Gasteiger partial charge in [-0.15, -0.1) is 0 Å². The molecule has 1 unspecified atom stereocenters. The van der Waals surface area contributed by atoms with E-state index in [0.29, 0.717) is 0 Å². The maximum Gasteiger partial charge on any atom is 0.156 e. The van der Waals surface area contributed by atoms with E-state index in [1.807, 2.05) is 24.0 Å². The molecule has 1 saturated heterocycles. The first-order chi connectivity index (χ1) is 8.72. The molecule has 0 radical (unpaired) electrons. The average molecular weight is 263 g/mol. The molecule has 1 aromatic heterocycles. The number of hydrogen-bond donors (Lipinski definition) is 1. The van der Waals surface area contributed by atoms with Crippen molar-refractivity contribution in [2.75, 3.05) is 12.3 Å². The SMILES string of the molecule is CCC1(C)CCSC(=NCCc2cccnc2)N1. The zero-order valence-corrected chi connectivity index (χ0v) is 12.0. The van der Waals surface area contributed by atoms with Crippen LogP contribution in [0, 0.1) is 0 Å². The smallest absolute Gasteiger partial charge is 0.156 e. The number of aliphatic imine (C=N–C) groups is 1. The zero-order chi connectivity index (χ0) is 12.8. The van der Waals surface area contributed by atoms with Crippen LogP contribution in [0.2, 0.25) is 0 Å². The molecule has 1 N–H and O–H groups in total. The van der Waals surface area contributed by atoms with Gasteiger partial charge in [-0.05, 0) is 37.8 Å². The van der Waals surface area contributed by atoms with Gasteiger partial charge in [-0.1, -0.05) is 24.8 Å². The predicted octanol–water partition coefficient (Wildman–Crippen LogP) is 2.88. The molecule has 1 aliphatic rings. The lowest BCUT2D eigenvalue weighted by Crippen LogP contribution is -2.48. The highest BCUT2D eigenvalue weighted by molar-refractivity contribution is 8.13. The van der Waals surface area contributed by atoms with Crippen LogP contribution in [0.15, 0.2) is 29.5 Å². The molecule has 18 heavy (non-hydrogen) atoms. The molecular weight excluding hydrogens is 242 g/mol. The molecule has 4 heteroatoms. The number of thioether (sulfide) groups is 1. The molecule has 2 heterocycles. The molecular formula is C14H21N3S. The van der Waals surface area contributed by atoms with Crippen LogP contribution < -0.4 is 5.32 Å². The minimum absolute atomic E-state index is 0.235. The Hall–Kier alpha value is -1.03. The number of nitrogens with one attached hydrogen (secondary N) is 1. The van der Waals surface area contributed by atoms with Gasteiger partial charge in [0.25, 0.3) is 0 Å². The fourth-order valence-electron chi connectivity index (χ4n) is 1.91. The van der Waals surface area contributed by atoms with Gasteiger partial charge in [0, 0.05) is 30.2 Å². The lowest BCUT2D eigenvalue weighted by Gasteiger charge is -2.35. The highest BCUT2D eigenvalue weighted by Crippen LogP contribution is 2.24. The van der Waals surface area contributed by atoms with E-state index in [2.05, 4.69) is 35.2 Å².